The van der Waals surface area contributed by atoms with Gasteiger partial charge in [-0.2, -0.15) is 0 Å². The van der Waals surface area contributed by atoms with Gasteiger partial charge in [-0.3, -0.25) is 9.59 Å². The third-order valence-electron chi connectivity index (χ3n) is 5.12. The summed E-state index contributed by atoms with van der Waals surface area (Å²) in [5.41, 5.74) is 2.67. The summed E-state index contributed by atoms with van der Waals surface area (Å²) in [4.78, 5) is 25.0. The van der Waals surface area contributed by atoms with Crippen LogP contribution in [0, 0.1) is 0 Å². The van der Waals surface area contributed by atoms with Crippen molar-refractivity contribution in [3.05, 3.63) is 64.7 Å². The molecule has 0 bridgehead atoms. The molecular weight excluding hydrogens is 364 g/mol. The van der Waals surface area contributed by atoms with Crippen molar-refractivity contribution in [1.82, 2.24) is 9.62 Å². The van der Waals surface area contributed by atoms with Crippen LogP contribution in [0.25, 0.3) is 0 Å². The van der Waals surface area contributed by atoms with Gasteiger partial charge < -0.3 is 5.32 Å². The Kier molecular flexibility index (Phi) is 4.07. The van der Waals surface area contributed by atoms with Crippen molar-refractivity contribution in [2.75, 3.05) is 0 Å². The van der Waals surface area contributed by atoms with Crippen LogP contribution < -0.4 is 5.32 Å². The van der Waals surface area contributed by atoms with Gasteiger partial charge in [0.15, 0.2) is 0 Å². The smallest absolute Gasteiger partial charge is 0.269 e. The molecule has 0 spiro atoms. The van der Waals surface area contributed by atoms with Crippen LogP contribution in [-0.2, 0) is 16.4 Å². The maximum Gasteiger partial charge on any atom is 0.269 e. The van der Waals surface area contributed by atoms with E-state index in [0.717, 1.165) is 22.7 Å². The predicted molar refractivity (Wildman–Crippen MR) is 99.9 cm³/mol. The van der Waals surface area contributed by atoms with E-state index in [9.17, 15) is 18.0 Å². The molecule has 27 heavy (non-hydrogen) atoms. The number of hydrogen-bond acceptors (Lipinski definition) is 4. The monoisotopic (exact) mass is 384 g/mol. The highest BCUT2D eigenvalue weighted by molar-refractivity contribution is 7.90. The van der Waals surface area contributed by atoms with Crippen molar-refractivity contribution in [3.63, 3.8) is 0 Å². The molecule has 1 heterocycles. The quantitative estimate of drug-likeness (QED) is 0.882. The lowest BCUT2D eigenvalue weighted by molar-refractivity contribution is 0.0845. The average molecular weight is 384 g/mol. The van der Waals surface area contributed by atoms with E-state index >= 15 is 0 Å². The zero-order valence-electron chi connectivity index (χ0n) is 15.1. The molecule has 2 aliphatic rings. The molecule has 1 atom stereocenters. The van der Waals surface area contributed by atoms with Crippen molar-refractivity contribution in [2.45, 2.75) is 43.7 Å². The first-order valence-electron chi connectivity index (χ1n) is 8.92. The lowest BCUT2D eigenvalue weighted by Gasteiger charge is -2.18. The van der Waals surface area contributed by atoms with Gasteiger partial charge in [-0.05, 0) is 56.0 Å². The Labute approximate surface area is 158 Å². The summed E-state index contributed by atoms with van der Waals surface area (Å²) < 4.78 is 26.3. The number of nitrogens with zero attached hydrogens (tertiary/aromatic N) is 1. The minimum absolute atomic E-state index is 0.0904. The van der Waals surface area contributed by atoms with Crippen LogP contribution in [0.2, 0.25) is 0 Å². The highest BCUT2D eigenvalue weighted by Gasteiger charge is 2.43. The minimum Gasteiger partial charge on any atom is -0.345 e. The normalized spacial score (nSPS) is 19.9. The Bertz CT molecular complexity index is 1060. The average Bonchev–Trinajstić information content (AvgIpc) is 3.11. The number of sulfonamides is 1. The number of carbonyl (C=O) groups is 2. The largest absolute Gasteiger partial charge is 0.345 e. The molecule has 2 aromatic carbocycles. The molecule has 1 unspecified atom stereocenters. The molecule has 0 fully saturated rings. The molecule has 0 saturated carbocycles. The minimum atomic E-state index is -3.92. The first-order valence-corrected chi connectivity index (χ1v) is 10.4. The molecule has 0 saturated heterocycles. The van der Waals surface area contributed by atoms with E-state index in [1.165, 1.54) is 23.8 Å². The summed E-state index contributed by atoms with van der Waals surface area (Å²) in [6.07, 6.45) is 1.71. The van der Waals surface area contributed by atoms with Crippen molar-refractivity contribution in [2.24, 2.45) is 0 Å². The van der Waals surface area contributed by atoms with Crippen LogP contribution in [0.15, 0.2) is 47.4 Å². The summed E-state index contributed by atoms with van der Waals surface area (Å²) in [7, 11) is -3.92. The summed E-state index contributed by atoms with van der Waals surface area (Å²) >= 11 is 0. The molecule has 0 radical (unpaired) electrons. The van der Waals surface area contributed by atoms with Crippen molar-refractivity contribution >= 4 is 21.8 Å². The molecule has 2 amide bonds. The number of amides is 2. The summed E-state index contributed by atoms with van der Waals surface area (Å²) in [5.74, 6) is -0.887. The molecule has 1 aliphatic carbocycles. The molecule has 1 aliphatic heterocycles. The zero-order chi connectivity index (χ0) is 19.3. The van der Waals surface area contributed by atoms with Gasteiger partial charge in [-0.15, -0.1) is 0 Å². The van der Waals surface area contributed by atoms with Crippen LogP contribution in [0.5, 0.6) is 0 Å². The fourth-order valence-electron chi connectivity index (χ4n) is 3.85. The van der Waals surface area contributed by atoms with Gasteiger partial charge in [-0.25, -0.2) is 12.7 Å². The van der Waals surface area contributed by atoms with Gasteiger partial charge in [-0.1, -0.05) is 24.3 Å². The Hall–Kier alpha value is -2.67. The number of fused-ring (bicyclic) bond motifs is 2. The second-order valence-electron chi connectivity index (χ2n) is 7.17. The molecule has 6 nitrogen and oxygen atoms in total. The van der Waals surface area contributed by atoms with Gasteiger partial charge in [0.25, 0.3) is 21.8 Å². The van der Waals surface area contributed by atoms with Crippen molar-refractivity contribution in [1.29, 1.82) is 0 Å². The maximum absolute atomic E-state index is 12.7. The summed E-state index contributed by atoms with van der Waals surface area (Å²) in [6.45, 7) is 3.29. The summed E-state index contributed by atoms with van der Waals surface area (Å²) in [6, 6.07) is 11.6. The second-order valence-corrected chi connectivity index (χ2v) is 8.96. The van der Waals surface area contributed by atoms with Gasteiger partial charge in [0.1, 0.15) is 4.90 Å². The van der Waals surface area contributed by atoms with Crippen LogP contribution in [-0.4, -0.2) is 30.6 Å². The third-order valence-corrected chi connectivity index (χ3v) is 7.12. The Morgan fingerprint density at radius 3 is 2.67 bits per heavy atom. The summed E-state index contributed by atoms with van der Waals surface area (Å²) in [5, 5.41) is 2.98. The molecule has 2 aromatic rings. The molecule has 140 valence electrons. The first-order chi connectivity index (χ1) is 12.8. The second kappa shape index (κ2) is 6.20. The van der Waals surface area contributed by atoms with E-state index in [4.69, 9.17) is 0 Å². The van der Waals surface area contributed by atoms with Gasteiger partial charge in [0.05, 0.1) is 11.6 Å². The fraction of sp³-hybridized carbons (Fsp3) is 0.300. The zero-order valence-corrected chi connectivity index (χ0v) is 15.9. The standard InChI is InChI=1S/C20H20N2O4S/c1-12(2)22-20(24)16-9-7-14(11-18(16)27(22,25)26)19(23)21-17-10-8-13-5-3-4-6-15(13)17/h3-7,9,11-12,17H,8,10H2,1-2H3,(H,21,23). The van der Waals surface area contributed by atoms with Gasteiger partial charge >= 0.3 is 0 Å². The number of benzene rings is 2. The highest BCUT2D eigenvalue weighted by Crippen LogP contribution is 2.34. The Morgan fingerprint density at radius 2 is 1.93 bits per heavy atom. The molecule has 4 rings (SSSR count). The first kappa shape index (κ1) is 17.7. The fourth-order valence-corrected chi connectivity index (χ4v) is 5.64. The number of rotatable bonds is 3. The van der Waals surface area contributed by atoms with Crippen molar-refractivity contribution in [3.8, 4) is 0 Å². The molecular formula is C20H20N2O4S. The van der Waals surface area contributed by atoms with E-state index in [1.807, 2.05) is 18.2 Å². The predicted octanol–water partition coefficient (Wildman–Crippen LogP) is 2.66. The van der Waals surface area contributed by atoms with Crippen LogP contribution in [0.3, 0.4) is 0 Å². The number of aryl methyl sites for hydroxylation is 1. The van der Waals surface area contributed by atoms with E-state index in [2.05, 4.69) is 11.4 Å². The number of carbonyl (C=O) groups excluding carboxylic acids is 2. The molecule has 7 heteroatoms. The van der Waals surface area contributed by atoms with Crippen LogP contribution in [0.1, 0.15) is 58.2 Å². The van der Waals surface area contributed by atoms with E-state index in [-0.39, 0.29) is 28.0 Å². The van der Waals surface area contributed by atoms with Crippen LogP contribution >= 0.6 is 0 Å². The van der Waals surface area contributed by atoms with Crippen LogP contribution in [0.4, 0.5) is 0 Å². The maximum atomic E-state index is 12.7. The molecule has 1 N–H and O–H groups in total. The van der Waals surface area contributed by atoms with Crippen molar-refractivity contribution < 1.29 is 18.0 Å². The Balaban J connectivity index is 1.63. The van der Waals surface area contributed by atoms with E-state index in [1.54, 1.807) is 13.8 Å². The third kappa shape index (κ3) is 2.73. The lowest BCUT2D eigenvalue weighted by atomic mass is 10.1. The van der Waals surface area contributed by atoms with Gasteiger partial charge in [0, 0.05) is 11.6 Å². The van der Waals surface area contributed by atoms with E-state index in [0.29, 0.717) is 0 Å². The lowest BCUT2D eigenvalue weighted by Crippen LogP contribution is -2.36. The Morgan fingerprint density at radius 1 is 1.19 bits per heavy atom. The highest BCUT2D eigenvalue weighted by atomic mass is 32.2. The van der Waals surface area contributed by atoms with Gasteiger partial charge in [0.2, 0.25) is 0 Å². The SMILES string of the molecule is CC(C)N1C(=O)c2ccc(C(=O)NC3CCc4ccccc43)cc2S1(=O)=O. The molecule has 0 aromatic heterocycles. The number of hydrogen-bond donors (Lipinski definition) is 1. The number of nitrogens with one attached hydrogen (secondary N) is 1. The van der Waals surface area contributed by atoms with E-state index < -0.39 is 22.0 Å². The topological polar surface area (TPSA) is 83.6 Å².